The molecule has 3 aliphatic rings. The molecule has 0 bridgehead atoms. The van der Waals surface area contributed by atoms with Crippen LogP contribution in [0.15, 0.2) is 0 Å². The average molecular weight is 423 g/mol. The lowest BCUT2D eigenvalue weighted by Gasteiger charge is -2.35. The third kappa shape index (κ3) is 3.97. The van der Waals surface area contributed by atoms with E-state index in [2.05, 4.69) is 5.32 Å². The molecule has 4 heterocycles. The van der Waals surface area contributed by atoms with E-state index in [4.69, 9.17) is 9.97 Å². The van der Waals surface area contributed by atoms with Crippen molar-refractivity contribution in [2.45, 2.75) is 51.5 Å². The van der Waals surface area contributed by atoms with Crippen LogP contribution in [0.25, 0.3) is 0 Å². The van der Waals surface area contributed by atoms with Gasteiger partial charge >= 0.3 is 0 Å². The number of nitrogens with zero attached hydrogens (tertiary/aromatic N) is 5. The van der Waals surface area contributed by atoms with Crippen LogP contribution in [-0.2, 0) is 28.0 Å². The number of hydrogen-bond donors (Lipinski definition) is 1. The normalized spacial score (nSPS) is 23.8. The molecule has 10 heteroatoms. The first-order chi connectivity index (χ1) is 13.9. The van der Waals surface area contributed by atoms with Crippen molar-refractivity contribution < 1.29 is 13.2 Å². The van der Waals surface area contributed by atoms with E-state index < -0.39 is 10.2 Å². The number of likely N-dealkylation sites (tertiary alicyclic amines) is 1. The van der Waals surface area contributed by atoms with Crippen molar-refractivity contribution in [1.82, 2.24) is 23.5 Å². The standard InChI is InChI=1S/C19H30N6O3S/c1-14(26)23-10-6-15(12-23)18-21-17-7-11-25(13-16(17)19(20-2)22-18)29(27,28)24-8-4-3-5-9-24/h15H,3-13H2,1-2H3,(H,20,21,22)/t15-/m0/s1. The summed E-state index contributed by atoms with van der Waals surface area (Å²) in [6, 6.07) is 0. The minimum Gasteiger partial charge on any atom is -0.373 e. The average Bonchev–Trinajstić information content (AvgIpc) is 3.24. The fourth-order valence-corrected chi connectivity index (χ4v) is 6.17. The third-order valence-corrected chi connectivity index (χ3v) is 8.23. The SMILES string of the molecule is CNc1nc([C@H]2CCN(C(C)=O)C2)nc2c1CN(S(=O)(=O)N1CCCCC1)CC2. The predicted molar refractivity (Wildman–Crippen MR) is 110 cm³/mol. The molecule has 0 spiro atoms. The lowest BCUT2D eigenvalue weighted by molar-refractivity contribution is -0.127. The maximum atomic E-state index is 13.1. The minimum atomic E-state index is -3.46. The number of nitrogens with one attached hydrogen (secondary N) is 1. The van der Waals surface area contributed by atoms with Gasteiger partial charge in [-0.05, 0) is 19.3 Å². The molecule has 2 saturated heterocycles. The molecule has 9 nitrogen and oxygen atoms in total. The summed E-state index contributed by atoms with van der Waals surface area (Å²) < 4.78 is 29.3. The number of hydrogen-bond acceptors (Lipinski definition) is 6. The van der Waals surface area contributed by atoms with Crippen LogP contribution in [0.4, 0.5) is 5.82 Å². The molecule has 1 atom stereocenters. The van der Waals surface area contributed by atoms with Gasteiger partial charge in [-0.15, -0.1) is 0 Å². The molecule has 4 rings (SSSR count). The molecule has 0 saturated carbocycles. The Hall–Kier alpha value is -1.78. The zero-order valence-electron chi connectivity index (χ0n) is 17.2. The summed E-state index contributed by atoms with van der Waals surface area (Å²) in [5.74, 6) is 1.67. The lowest BCUT2D eigenvalue weighted by atomic mass is 10.0. The smallest absolute Gasteiger partial charge is 0.282 e. The van der Waals surface area contributed by atoms with Crippen molar-refractivity contribution in [2.24, 2.45) is 0 Å². The molecular formula is C19H30N6O3S. The Labute approximate surface area is 172 Å². The van der Waals surface area contributed by atoms with E-state index in [1.165, 1.54) is 0 Å². The molecule has 2 fully saturated rings. The maximum absolute atomic E-state index is 13.1. The molecular weight excluding hydrogens is 392 g/mol. The van der Waals surface area contributed by atoms with Crippen molar-refractivity contribution in [3.63, 3.8) is 0 Å². The fraction of sp³-hybridized carbons (Fsp3) is 0.737. The van der Waals surface area contributed by atoms with Crippen molar-refractivity contribution >= 4 is 21.9 Å². The molecule has 1 N–H and O–H groups in total. The molecule has 1 aromatic heterocycles. The largest absolute Gasteiger partial charge is 0.373 e. The molecule has 0 unspecified atom stereocenters. The topological polar surface area (TPSA) is 98.7 Å². The number of anilines is 1. The van der Waals surface area contributed by atoms with E-state index >= 15 is 0 Å². The number of rotatable bonds is 4. The first kappa shape index (κ1) is 20.5. The van der Waals surface area contributed by atoms with E-state index in [1.807, 2.05) is 4.90 Å². The highest BCUT2D eigenvalue weighted by Gasteiger charge is 2.35. The van der Waals surface area contributed by atoms with Crippen molar-refractivity contribution in [2.75, 3.05) is 45.1 Å². The Morgan fingerprint density at radius 3 is 2.48 bits per heavy atom. The number of amides is 1. The molecule has 0 aromatic carbocycles. The fourth-order valence-electron chi connectivity index (χ4n) is 4.51. The van der Waals surface area contributed by atoms with Crippen LogP contribution in [0.3, 0.4) is 0 Å². The zero-order chi connectivity index (χ0) is 20.6. The summed E-state index contributed by atoms with van der Waals surface area (Å²) in [5.41, 5.74) is 1.79. The molecule has 29 heavy (non-hydrogen) atoms. The quantitative estimate of drug-likeness (QED) is 0.776. The van der Waals surface area contributed by atoms with E-state index in [-0.39, 0.29) is 11.8 Å². The van der Waals surface area contributed by atoms with Crippen LogP contribution in [-0.4, -0.2) is 77.6 Å². The highest BCUT2D eigenvalue weighted by Crippen LogP contribution is 2.31. The molecule has 1 amide bonds. The zero-order valence-corrected chi connectivity index (χ0v) is 18.0. The number of piperidine rings is 1. The Morgan fingerprint density at radius 2 is 1.83 bits per heavy atom. The number of carbonyl (C=O) groups is 1. The monoisotopic (exact) mass is 422 g/mol. The third-order valence-electron chi connectivity index (χ3n) is 6.25. The van der Waals surface area contributed by atoms with Gasteiger partial charge in [0, 0.05) is 71.1 Å². The van der Waals surface area contributed by atoms with Gasteiger partial charge in [-0.25, -0.2) is 9.97 Å². The summed E-state index contributed by atoms with van der Waals surface area (Å²) in [5, 5.41) is 3.14. The first-order valence-corrected chi connectivity index (χ1v) is 11.9. The molecule has 1 aromatic rings. The Kier molecular flexibility index (Phi) is 5.76. The van der Waals surface area contributed by atoms with Crippen LogP contribution in [0.5, 0.6) is 0 Å². The predicted octanol–water partition coefficient (Wildman–Crippen LogP) is 0.943. The minimum absolute atomic E-state index is 0.0814. The van der Waals surface area contributed by atoms with Crippen molar-refractivity contribution in [3.05, 3.63) is 17.1 Å². The Balaban J connectivity index is 1.56. The second kappa shape index (κ2) is 8.16. The highest BCUT2D eigenvalue weighted by atomic mass is 32.2. The van der Waals surface area contributed by atoms with E-state index in [0.717, 1.165) is 49.3 Å². The number of aromatic nitrogens is 2. The van der Waals surface area contributed by atoms with E-state index in [0.29, 0.717) is 45.0 Å². The molecule has 0 aliphatic carbocycles. The van der Waals surface area contributed by atoms with Gasteiger partial charge in [0.25, 0.3) is 10.2 Å². The van der Waals surface area contributed by atoms with Gasteiger partial charge in [-0.3, -0.25) is 4.79 Å². The van der Waals surface area contributed by atoms with Gasteiger partial charge in [-0.2, -0.15) is 17.0 Å². The van der Waals surface area contributed by atoms with Crippen molar-refractivity contribution in [3.8, 4) is 0 Å². The maximum Gasteiger partial charge on any atom is 0.282 e. The van der Waals surface area contributed by atoms with Gasteiger partial charge < -0.3 is 10.2 Å². The van der Waals surface area contributed by atoms with Gasteiger partial charge in [0.15, 0.2) is 0 Å². The van der Waals surface area contributed by atoms with Crippen LogP contribution in [0.2, 0.25) is 0 Å². The Bertz CT molecular complexity index is 867. The lowest BCUT2D eigenvalue weighted by Crippen LogP contribution is -2.47. The second-order valence-corrected chi connectivity index (χ2v) is 10.0. The Morgan fingerprint density at radius 1 is 1.07 bits per heavy atom. The molecule has 160 valence electrons. The van der Waals surface area contributed by atoms with E-state index in [1.54, 1.807) is 22.6 Å². The van der Waals surface area contributed by atoms with E-state index in [9.17, 15) is 13.2 Å². The summed E-state index contributed by atoms with van der Waals surface area (Å²) in [6.45, 7) is 4.92. The van der Waals surface area contributed by atoms with Gasteiger partial charge in [0.2, 0.25) is 5.91 Å². The van der Waals surface area contributed by atoms with Crippen LogP contribution in [0, 0.1) is 0 Å². The summed E-state index contributed by atoms with van der Waals surface area (Å²) in [6.07, 6.45) is 4.39. The van der Waals surface area contributed by atoms with Crippen molar-refractivity contribution in [1.29, 1.82) is 0 Å². The highest BCUT2D eigenvalue weighted by molar-refractivity contribution is 7.86. The summed E-state index contributed by atoms with van der Waals surface area (Å²) in [4.78, 5) is 23.0. The second-order valence-electron chi connectivity index (χ2n) is 8.11. The first-order valence-electron chi connectivity index (χ1n) is 10.5. The molecule has 3 aliphatic heterocycles. The van der Waals surface area contributed by atoms with Crippen LogP contribution >= 0.6 is 0 Å². The molecule has 0 radical (unpaired) electrons. The number of fused-ring (bicyclic) bond motifs is 1. The summed E-state index contributed by atoms with van der Waals surface area (Å²) in [7, 11) is -1.65. The van der Waals surface area contributed by atoms with Gasteiger partial charge in [0.1, 0.15) is 11.6 Å². The summed E-state index contributed by atoms with van der Waals surface area (Å²) >= 11 is 0. The van der Waals surface area contributed by atoms with Crippen LogP contribution < -0.4 is 5.32 Å². The van der Waals surface area contributed by atoms with Gasteiger partial charge in [-0.1, -0.05) is 6.42 Å². The van der Waals surface area contributed by atoms with Gasteiger partial charge in [0.05, 0.1) is 5.69 Å². The van der Waals surface area contributed by atoms with Crippen LogP contribution in [0.1, 0.15) is 55.6 Å². The number of carbonyl (C=O) groups excluding carboxylic acids is 1.